The van der Waals surface area contributed by atoms with Gasteiger partial charge in [-0.1, -0.05) is 55.5 Å². The summed E-state index contributed by atoms with van der Waals surface area (Å²) in [5.74, 6) is -0.201. The first-order valence-corrected chi connectivity index (χ1v) is 8.32. The third kappa shape index (κ3) is 4.04. The summed E-state index contributed by atoms with van der Waals surface area (Å²) in [6.07, 6.45) is 2.36. The van der Waals surface area contributed by atoms with Crippen molar-refractivity contribution in [3.63, 3.8) is 0 Å². The lowest BCUT2D eigenvalue weighted by Crippen LogP contribution is -2.25. The van der Waals surface area contributed by atoms with Crippen LogP contribution in [-0.2, 0) is 11.3 Å². The van der Waals surface area contributed by atoms with Crippen LogP contribution < -0.4 is 10.9 Å². The number of para-hydroxylation sites is 1. The minimum absolute atomic E-state index is 0.179. The number of hydrogen-bond donors (Lipinski definition) is 2. The molecule has 0 atom stereocenters. The maximum absolute atomic E-state index is 12.2. The van der Waals surface area contributed by atoms with E-state index in [-0.39, 0.29) is 18.0 Å². The van der Waals surface area contributed by atoms with Gasteiger partial charge in [-0.05, 0) is 35.1 Å². The van der Waals surface area contributed by atoms with Crippen molar-refractivity contribution in [2.75, 3.05) is 0 Å². The molecule has 0 saturated carbocycles. The number of aromatic nitrogens is 1. The quantitative estimate of drug-likeness (QED) is 0.701. The molecular formula is C21H20N2O2. The average molecular weight is 332 g/mol. The van der Waals surface area contributed by atoms with Gasteiger partial charge >= 0.3 is 0 Å². The molecule has 4 heteroatoms. The van der Waals surface area contributed by atoms with Gasteiger partial charge in [0, 0.05) is 23.7 Å². The van der Waals surface area contributed by atoms with Gasteiger partial charge in [0.25, 0.3) is 5.56 Å². The summed E-state index contributed by atoms with van der Waals surface area (Å²) >= 11 is 0. The highest BCUT2D eigenvalue weighted by Gasteiger charge is 2.06. The molecule has 0 aliphatic heterocycles. The van der Waals surface area contributed by atoms with E-state index in [0.29, 0.717) is 5.56 Å². The highest BCUT2D eigenvalue weighted by molar-refractivity contribution is 5.95. The molecule has 2 aromatic carbocycles. The van der Waals surface area contributed by atoms with Crippen molar-refractivity contribution in [2.24, 2.45) is 0 Å². The highest BCUT2D eigenvalue weighted by Crippen LogP contribution is 2.17. The smallest absolute Gasteiger partial charge is 0.253 e. The minimum atomic E-state index is -0.201. The first kappa shape index (κ1) is 16.7. The summed E-state index contributed by atoms with van der Waals surface area (Å²) in [6, 6.07) is 19.2. The summed E-state index contributed by atoms with van der Waals surface area (Å²) in [5.41, 5.74) is 3.15. The largest absolute Gasteiger partial charge is 0.348 e. The van der Waals surface area contributed by atoms with Crippen LogP contribution in [0.1, 0.15) is 24.5 Å². The fraction of sp³-hybridized carbons (Fsp3) is 0.143. The molecule has 126 valence electrons. The Labute approximate surface area is 146 Å². The summed E-state index contributed by atoms with van der Waals surface area (Å²) in [7, 11) is 0. The molecule has 1 aromatic heterocycles. The Hall–Kier alpha value is -3.14. The van der Waals surface area contributed by atoms with Crippen molar-refractivity contribution >= 4 is 22.4 Å². The van der Waals surface area contributed by atoms with E-state index in [1.54, 1.807) is 6.08 Å². The van der Waals surface area contributed by atoms with Crippen molar-refractivity contribution in [3.8, 4) is 0 Å². The summed E-state index contributed by atoms with van der Waals surface area (Å²) in [4.78, 5) is 27.2. The summed E-state index contributed by atoms with van der Waals surface area (Å²) in [6.45, 7) is 2.21. The molecule has 25 heavy (non-hydrogen) atoms. The normalized spacial score (nSPS) is 11.5. The van der Waals surface area contributed by atoms with Crippen molar-refractivity contribution < 1.29 is 4.79 Å². The van der Waals surface area contributed by atoms with Crippen LogP contribution >= 0.6 is 0 Å². The van der Waals surface area contributed by atoms with Gasteiger partial charge in [-0.15, -0.1) is 0 Å². The van der Waals surface area contributed by atoms with Crippen molar-refractivity contribution in [3.05, 3.63) is 88.2 Å². The lowest BCUT2D eigenvalue weighted by Gasteiger charge is -2.07. The second-order valence-corrected chi connectivity index (χ2v) is 5.82. The number of fused-ring (bicyclic) bond motifs is 1. The van der Waals surface area contributed by atoms with Crippen LogP contribution in [-0.4, -0.2) is 10.9 Å². The molecule has 2 N–H and O–H groups in total. The first-order valence-electron chi connectivity index (χ1n) is 8.32. The van der Waals surface area contributed by atoms with Gasteiger partial charge < -0.3 is 10.3 Å². The van der Waals surface area contributed by atoms with Crippen LogP contribution in [0.25, 0.3) is 16.5 Å². The lowest BCUT2D eigenvalue weighted by atomic mass is 10.0. The zero-order valence-electron chi connectivity index (χ0n) is 14.1. The number of nitrogens with one attached hydrogen (secondary N) is 2. The van der Waals surface area contributed by atoms with E-state index in [9.17, 15) is 9.59 Å². The molecule has 0 saturated heterocycles. The van der Waals surface area contributed by atoms with E-state index in [1.807, 2.05) is 67.6 Å². The fourth-order valence-electron chi connectivity index (χ4n) is 2.76. The Morgan fingerprint density at radius 2 is 1.80 bits per heavy atom. The molecule has 0 aliphatic rings. The van der Waals surface area contributed by atoms with E-state index in [1.165, 1.54) is 0 Å². The number of amides is 1. The molecule has 0 bridgehead atoms. The number of H-pyrrole nitrogens is 1. The molecule has 0 fully saturated rings. The van der Waals surface area contributed by atoms with E-state index in [4.69, 9.17) is 0 Å². The number of carbonyl (C=O) groups excluding carboxylic acids is 1. The molecular weight excluding hydrogens is 312 g/mol. The first-order chi connectivity index (χ1) is 12.2. The van der Waals surface area contributed by atoms with Crippen LogP contribution in [0.2, 0.25) is 0 Å². The molecule has 0 radical (unpaired) electrons. The standard InChI is InChI=1S/C21H20N2O2/c1-2-15(16-8-4-3-5-9-16)13-20(24)22-14-18-12-17-10-6-7-11-19(17)23-21(18)25/h3-13H,2,14H2,1H3,(H,22,24)(H,23,25)/b15-13+. The third-order valence-electron chi connectivity index (χ3n) is 4.11. The molecule has 3 aromatic rings. The van der Waals surface area contributed by atoms with Crippen LogP contribution in [0.5, 0.6) is 0 Å². The van der Waals surface area contributed by atoms with E-state index in [2.05, 4.69) is 10.3 Å². The Morgan fingerprint density at radius 3 is 2.56 bits per heavy atom. The fourth-order valence-corrected chi connectivity index (χ4v) is 2.76. The molecule has 1 heterocycles. The topological polar surface area (TPSA) is 62.0 Å². The monoisotopic (exact) mass is 332 g/mol. The lowest BCUT2D eigenvalue weighted by molar-refractivity contribution is -0.116. The van der Waals surface area contributed by atoms with Crippen molar-refractivity contribution in [1.82, 2.24) is 10.3 Å². The summed E-state index contributed by atoms with van der Waals surface area (Å²) < 4.78 is 0. The maximum Gasteiger partial charge on any atom is 0.253 e. The second-order valence-electron chi connectivity index (χ2n) is 5.82. The Bertz CT molecular complexity index is 972. The zero-order valence-corrected chi connectivity index (χ0v) is 14.1. The molecule has 1 amide bonds. The number of rotatable bonds is 5. The number of hydrogen-bond acceptors (Lipinski definition) is 2. The van der Waals surface area contributed by atoms with Gasteiger partial charge in [0.05, 0.1) is 0 Å². The van der Waals surface area contributed by atoms with Gasteiger partial charge in [-0.25, -0.2) is 0 Å². The van der Waals surface area contributed by atoms with E-state index >= 15 is 0 Å². The van der Waals surface area contributed by atoms with E-state index in [0.717, 1.165) is 28.5 Å². The Morgan fingerprint density at radius 1 is 1.08 bits per heavy atom. The highest BCUT2D eigenvalue weighted by atomic mass is 16.1. The molecule has 0 spiro atoms. The van der Waals surface area contributed by atoms with Crippen LogP contribution in [0, 0.1) is 0 Å². The van der Waals surface area contributed by atoms with E-state index < -0.39 is 0 Å². The Balaban J connectivity index is 1.75. The molecule has 0 unspecified atom stereocenters. The van der Waals surface area contributed by atoms with Crippen LogP contribution in [0.15, 0.2) is 71.5 Å². The predicted molar refractivity (Wildman–Crippen MR) is 101 cm³/mol. The minimum Gasteiger partial charge on any atom is -0.348 e. The van der Waals surface area contributed by atoms with Crippen molar-refractivity contribution in [2.45, 2.75) is 19.9 Å². The average Bonchev–Trinajstić information content (AvgIpc) is 2.65. The maximum atomic E-state index is 12.2. The predicted octanol–water partition coefficient (Wildman–Crippen LogP) is 3.64. The number of allylic oxidation sites excluding steroid dienone is 1. The third-order valence-corrected chi connectivity index (χ3v) is 4.11. The van der Waals surface area contributed by atoms with Gasteiger partial charge in [0.1, 0.15) is 0 Å². The van der Waals surface area contributed by atoms with Gasteiger partial charge in [-0.3, -0.25) is 9.59 Å². The number of aromatic amines is 1. The molecule has 3 rings (SSSR count). The number of carbonyl (C=O) groups is 1. The van der Waals surface area contributed by atoms with Crippen LogP contribution in [0.3, 0.4) is 0 Å². The number of pyridine rings is 1. The zero-order chi connectivity index (χ0) is 17.6. The van der Waals surface area contributed by atoms with Gasteiger partial charge in [-0.2, -0.15) is 0 Å². The molecule has 4 nitrogen and oxygen atoms in total. The van der Waals surface area contributed by atoms with Crippen molar-refractivity contribution in [1.29, 1.82) is 0 Å². The Kier molecular flexibility index (Phi) is 5.09. The second kappa shape index (κ2) is 7.62. The van der Waals surface area contributed by atoms with Gasteiger partial charge in [0.2, 0.25) is 5.91 Å². The molecule has 0 aliphatic carbocycles. The van der Waals surface area contributed by atoms with Gasteiger partial charge in [0.15, 0.2) is 0 Å². The van der Waals surface area contributed by atoms with Crippen LogP contribution in [0.4, 0.5) is 0 Å². The SMILES string of the molecule is CC/C(=C\C(=O)NCc1cc2ccccc2[nH]c1=O)c1ccccc1. The summed E-state index contributed by atoms with van der Waals surface area (Å²) in [5, 5.41) is 3.75. The number of benzene rings is 2.